The Morgan fingerprint density at radius 1 is 1.11 bits per heavy atom. The van der Waals surface area contributed by atoms with Crippen LogP contribution >= 0.6 is 0 Å². The monoisotopic (exact) mass is 515 g/mol. The number of nitrogens with one attached hydrogen (secondary N) is 1. The van der Waals surface area contributed by atoms with Crippen molar-refractivity contribution in [1.29, 1.82) is 0 Å². The quantitative estimate of drug-likeness (QED) is 0.455. The first-order chi connectivity index (χ1) is 18.4. The normalized spacial score (nSPS) is 17.8. The highest BCUT2D eigenvalue weighted by Gasteiger charge is 2.23. The average Bonchev–Trinajstić information content (AvgIpc) is 2.93. The molecule has 5 N–H and O–H groups in total. The number of primary amides is 1. The van der Waals surface area contributed by atoms with E-state index in [1.165, 1.54) is 6.20 Å². The van der Waals surface area contributed by atoms with Crippen molar-refractivity contribution in [1.82, 2.24) is 14.9 Å². The Labute approximate surface area is 222 Å². The lowest BCUT2D eigenvalue weighted by atomic mass is 9.97. The number of nitrogens with two attached hydrogens (primary N) is 2. The second-order valence-electron chi connectivity index (χ2n) is 9.79. The number of amides is 2. The zero-order valence-corrected chi connectivity index (χ0v) is 21.5. The molecule has 2 saturated heterocycles. The summed E-state index contributed by atoms with van der Waals surface area (Å²) in [4.78, 5) is 38.6. The van der Waals surface area contributed by atoms with Gasteiger partial charge in [0, 0.05) is 49.7 Å². The average molecular weight is 516 g/mol. The number of carbonyl (C=O) groups excluding carboxylic acids is 2. The number of aryl methyl sites for hydroxylation is 1. The second-order valence-corrected chi connectivity index (χ2v) is 9.79. The molecule has 1 aromatic heterocycles. The van der Waals surface area contributed by atoms with Crippen LogP contribution in [0.3, 0.4) is 0 Å². The minimum atomic E-state index is -0.644. The van der Waals surface area contributed by atoms with Crippen LogP contribution in [-0.2, 0) is 4.74 Å². The van der Waals surface area contributed by atoms with Gasteiger partial charge in [0.15, 0.2) is 0 Å². The van der Waals surface area contributed by atoms with Crippen LogP contribution in [0.15, 0.2) is 48.7 Å². The molecule has 1 atom stereocenters. The zero-order valence-electron chi connectivity index (χ0n) is 21.5. The van der Waals surface area contributed by atoms with Gasteiger partial charge in [-0.3, -0.25) is 9.59 Å². The summed E-state index contributed by atoms with van der Waals surface area (Å²) >= 11 is 0. The molecule has 0 bridgehead atoms. The van der Waals surface area contributed by atoms with Crippen molar-refractivity contribution in [3.63, 3.8) is 0 Å². The van der Waals surface area contributed by atoms with E-state index in [1.54, 1.807) is 11.0 Å². The Kier molecular flexibility index (Phi) is 7.52. The fourth-order valence-electron chi connectivity index (χ4n) is 4.95. The lowest BCUT2D eigenvalue weighted by Gasteiger charge is -2.31. The minimum Gasteiger partial charge on any atom is -0.378 e. The highest BCUT2D eigenvalue weighted by molar-refractivity contribution is 5.99. The highest BCUT2D eigenvalue weighted by Crippen LogP contribution is 2.31. The van der Waals surface area contributed by atoms with Crippen LogP contribution in [-0.4, -0.2) is 72.1 Å². The number of aromatic nitrogens is 2. The minimum absolute atomic E-state index is 0.0409. The number of morpholine rings is 1. The first kappa shape index (κ1) is 25.6. The van der Waals surface area contributed by atoms with E-state index >= 15 is 0 Å². The molecule has 2 aliphatic rings. The van der Waals surface area contributed by atoms with Gasteiger partial charge < -0.3 is 31.3 Å². The van der Waals surface area contributed by atoms with E-state index in [1.807, 2.05) is 48.2 Å². The Balaban J connectivity index is 1.55. The Hall–Kier alpha value is -4.02. The van der Waals surface area contributed by atoms with Gasteiger partial charge in [0.1, 0.15) is 11.4 Å². The van der Waals surface area contributed by atoms with Crippen molar-refractivity contribution in [3.8, 4) is 11.1 Å². The molecule has 0 unspecified atom stereocenters. The number of benzene rings is 2. The third-order valence-corrected chi connectivity index (χ3v) is 6.98. The molecule has 3 heterocycles. The Morgan fingerprint density at radius 3 is 2.63 bits per heavy atom. The molecular formula is C28H33N7O3. The number of nitrogens with zero attached hydrogens (tertiary/aromatic N) is 4. The van der Waals surface area contributed by atoms with E-state index in [9.17, 15) is 9.59 Å². The predicted molar refractivity (Wildman–Crippen MR) is 147 cm³/mol. The van der Waals surface area contributed by atoms with Crippen molar-refractivity contribution in [2.24, 2.45) is 11.5 Å². The molecule has 2 aromatic carbocycles. The van der Waals surface area contributed by atoms with Gasteiger partial charge in [-0.1, -0.05) is 24.3 Å². The molecule has 198 valence electrons. The largest absolute Gasteiger partial charge is 0.378 e. The van der Waals surface area contributed by atoms with Crippen molar-refractivity contribution in [3.05, 3.63) is 65.4 Å². The molecular weight excluding hydrogens is 482 g/mol. The van der Waals surface area contributed by atoms with Crippen LogP contribution in [0.4, 0.5) is 17.5 Å². The van der Waals surface area contributed by atoms with Crippen molar-refractivity contribution >= 4 is 29.3 Å². The summed E-state index contributed by atoms with van der Waals surface area (Å²) in [5.41, 5.74) is 16.1. The maximum Gasteiger partial charge on any atom is 0.254 e. The van der Waals surface area contributed by atoms with Gasteiger partial charge in [0.2, 0.25) is 5.95 Å². The van der Waals surface area contributed by atoms with Gasteiger partial charge in [-0.15, -0.1) is 0 Å². The molecule has 5 rings (SSSR count). The summed E-state index contributed by atoms with van der Waals surface area (Å²) in [6.07, 6.45) is 3.33. The molecule has 0 radical (unpaired) electrons. The fraction of sp³-hybridized carbons (Fsp3) is 0.357. The summed E-state index contributed by atoms with van der Waals surface area (Å²) in [6, 6.07) is 13.7. The van der Waals surface area contributed by atoms with E-state index in [2.05, 4.69) is 15.3 Å². The van der Waals surface area contributed by atoms with E-state index in [0.29, 0.717) is 50.0 Å². The van der Waals surface area contributed by atoms with Crippen LogP contribution in [0.2, 0.25) is 0 Å². The number of piperidine rings is 1. The van der Waals surface area contributed by atoms with Crippen molar-refractivity contribution < 1.29 is 14.3 Å². The van der Waals surface area contributed by atoms with Crippen LogP contribution in [0.25, 0.3) is 11.1 Å². The van der Waals surface area contributed by atoms with E-state index in [0.717, 1.165) is 36.1 Å². The Bertz CT molecular complexity index is 1340. The summed E-state index contributed by atoms with van der Waals surface area (Å²) in [5.74, 6) is 0.0438. The number of ether oxygens (including phenoxy) is 1. The number of hydrogen-bond donors (Lipinski definition) is 3. The van der Waals surface area contributed by atoms with Gasteiger partial charge in [0.25, 0.3) is 11.8 Å². The molecule has 0 saturated carbocycles. The van der Waals surface area contributed by atoms with Gasteiger partial charge in [-0.25, -0.2) is 4.98 Å². The number of hydrogen-bond acceptors (Lipinski definition) is 8. The van der Waals surface area contributed by atoms with E-state index in [4.69, 9.17) is 16.2 Å². The fourth-order valence-corrected chi connectivity index (χ4v) is 4.95. The van der Waals surface area contributed by atoms with Crippen molar-refractivity contribution in [2.45, 2.75) is 25.8 Å². The topological polar surface area (TPSA) is 140 Å². The van der Waals surface area contributed by atoms with E-state index in [-0.39, 0.29) is 23.3 Å². The van der Waals surface area contributed by atoms with Gasteiger partial charge in [-0.05, 0) is 54.7 Å². The van der Waals surface area contributed by atoms with Gasteiger partial charge in [0.05, 0.1) is 13.2 Å². The third kappa shape index (κ3) is 5.61. The van der Waals surface area contributed by atoms with Crippen LogP contribution in [0.5, 0.6) is 0 Å². The molecule has 3 aromatic rings. The molecule has 2 fully saturated rings. The standard InChI is InChI=1S/C28H33N7O3/c1-18-5-2-3-7-23(18)19-13-20(27(37)34-9-11-38-12-10-34)15-22(14-19)32-26-24(25(30)36)16-31-28(33-26)35-8-4-6-21(29)17-35/h2-3,5,7,13-16,21H,4,6,8-12,17,29H2,1H3,(H2,30,36)(H,31,32,33)/t21-/m0/s1. The lowest BCUT2D eigenvalue weighted by molar-refractivity contribution is 0.0303. The molecule has 38 heavy (non-hydrogen) atoms. The first-order valence-corrected chi connectivity index (χ1v) is 12.9. The van der Waals surface area contributed by atoms with Crippen LogP contribution in [0, 0.1) is 6.92 Å². The van der Waals surface area contributed by atoms with Crippen LogP contribution < -0.4 is 21.7 Å². The molecule has 0 aliphatic carbocycles. The molecule has 10 heteroatoms. The Morgan fingerprint density at radius 2 is 1.89 bits per heavy atom. The first-order valence-electron chi connectivity index (χ1n) is 12.9. The van der Waals surface area contributed by atoms with Crippen molar-refractivity contribution in [2.75, 3.05) is 49.6 Å². The molecule has 2 aliphatic heterocycles. The highest BCUT2D eigenvalue weighted by atomic mass is 16.5. The number of carbonyl (C=O) groups is 2. The van der Waals surface area contributed by atoms with Gasteiger partial charge in [-0.2, -0.15) is 4.98 Å². The second kappa shape index (κ2) is 11.2. The smallest absolute Gasteiger partial charge is 0.254 e. The maximum atomic E-state index is 13.5. The summed E-state index contributed by atoms with van der Waals surface area (Å²) < 4.78 is 5.42. The summed E-state index contributed by atoms with van der Waals surface area (Å²) in [5, 5.41) is 3.27. The zero-order chi connectivity index (χ0) is 26.6. The SMILES string of the molecule is Cc1ccccc1-c1cc(Nc2nc(N3CCC[C@H](N)C3)ncc2C(N)=O)cc(C(=O)N2CCOCC2)c1. The molecule has 2 amide bonds. The number of rotatable bonds is 6. The predicted octanol–water partition coefficient (Wildman–Crippen LogP) is 2.69. The lowest BCUT2D eigenvalue weighted by Crippen LogP contribution is -2.43. The summed E-state index contributed by atoms with van der Waals surface area (Å²) in [7, 11) is 0. The van der Waals surface area contributed by atoms with Gasteiger partial charge >= 0.3 is 0 Å². The number of anilines is 3. The third-order valence-electron chi connectivity index (χ3n) is 6.98. The molecule has 10 nitrogen and oxygen atoms in total. The summed E-state index contributed by atoms with van der Waals surface area (Å²) in [6.45, 7) is 5.55. The maximum absolute atomic E-state index is 13.5. The molecule has 0 spiro atoms. The van der Waals surface area contributed by atoms with E-state index < -0.39 is 5.91 Å². The van der Waals surface area contributed by atoms with Crippen LogP contribution in [0.1, 0.15) is 39.1 Å².